The maximum Gasteiger partial charge on any atom is 0.236 e. The fraction of sp³-hybridized carbons (Fsp3) is 0.600. The standard InChI is InChI=1S/C20H29FN4O3/c1-16(17-2-4-18(21)5-3-17)22-19(26)14-23-6-8-25(9-7-23)20(27)15-24-10-12-28-13-11-24/h2-5,16H,6-15H2,1H3,(H,22,26). The predicted octanol–water partition coefficient (Wildman–Crippen LogP) is 0.479. The Kier molecular flexibility index (Phi) is 7.36. The number of carbonyl (C=O) groups is 2. The Hall–Kier alpha value is -2.03. The molecule has 0 spiro atoms. The fourth-order valence-corrected chi connectivity index (χ4v) is 3.53. The number of morpholine rings is 1. The normalized spacial score (nSPS) is 20.0. The lowest BCUT2D eigenvalue weighted by molar-refractivity contribution is -0.135. The number of nitrogens with one attached hydrogen (secondary N) is 1. The summed E-state index contributed by atoms with van der Waals surface area (Å²) in [7, 11) is 0. The van der Waals surface area contributed by atoms with Crippen molar-refractivity contribution in [3.05, 3.63) is 35.6 Å². The van der Waals surface area contributed by atoms with E-state index in [9.17, 15) is 14.0 Å². The largest absolute Gasteiger partial charge is 0.379 e. The first-order chi connectivity index (χ1) is 13.5. The Morgan fingerprint density at radius 1 is 1.00 bits per heavy atom. The molecule has 2 aliphatic heterocycles. The summed E-state index contributed by atoms with van der Waals surface area (Å²) in [5, 5.41) is 2.95. The molecule has 154 valence electrons. The first kappa shape index (κ1) is 20.7. The molecule has 28 heavy (non-hydrogen) atoms. The van der Waals surface area contributed by atoms with E-state index in [2.05, 4.69) is 15.1 Å². The topological polar surface area (TPSA) is 65.1 Å². The number of ether oxygens (including phenoxy) is 1. The number of carbonyl (C=O) groups excluding carboxylic acids is 2. The van der Waals surface area contributed by atoms with E-state index in [0.29, 0.717) is 52.5 Å². The molecule has 2 saturated heterocycles. The molecule has 1 aromatic carbocycles. The van der Waals surface area contributed by atoms with Crippen molar-refractivity contribution in [2.45, 2.75) is 13.0 Å². The molecule has 2 heterocycles. The zero-order valence-electron chi connectivity index (χ0n) is 16.4. The summed E-state index contributed by atoms with van der Waals surface area (Å²) in [6.07, 6.45) is 0. The average molecular weight is 392 g/mol. The number of hydrogen-bond acceptors (Lipinski definition) is 5. The van der Waals surface area contributed by atoms with E-state index in [1.165, 1.54) is 12.1 Å². The molecule has 2 fully saturated rings. The second kappa shape index (κ2) is 9.95. The second-order valence-electron chi connectivity index (χ2n) is 7.39. The first-order valence-electron chi connectivity index (χ1n) is 9.86. The minimum atomic E-state index is -0.289. The van der Waals surface area contributed by atoms with Crippen LogP contribution in [-0.2, 0) is 14.3 Å². The highest BCUT2D eigenvalue weighted by atomic mass is 19.1. The SMILES string of the molecule is CC(NC(=O)CN1CCN(C(=O)CN2CCOCC2)CC1)c1ccc(F)cc1. The lowest BCUT2D eigenvalue weighted by atomic mass is 10.1. The van der Waals surface area contributed by atoms with Crippen LogP contribution >= 0.6 is 0 Å². The van der Waals surface area contributed by atoms with Crippen LogP contribution in [0.4, 0.5) is 4.39 Å². The molecule has 7 nitrogen and oxygen atoms in total. The first-order valence-corrected chi connectivity index (χ1v) is 9.86. The lowest BCUT2D eigenvalue weighted by Crippen LogP contribution is -2.53. The van der Waals surface area contributed by atoms with Crippen LogP contribution in [-0.4, -0.2) is 92.1 Å². The van der Waals surface area contributed by atoms with Crippen molar-refractivity contribution in [1.29, 1.82) is 0 Å². The molecular weight excluding hydrogens is 363 g/mol. The van der Waals surface area contributed by atoms with Crippen molar-refractivity contribution in [1.82, 2.24) is 20.0 Å². The van der Waals surface area contributed by atoms with Gasteiger partial charge in [-0.15, -0.1) is 0 Å². The van der Waals surface area contributed by atoms with Gasteiger partial charge in [0.05, 0.1) is 32.3 Å². The van der Waals surface area contributed by atoms with Gasteiger partial charge in [0.25, 0.3) is 0 Å². The Morgan fingerprint density at radius 3 is 2.25 bits per heavy atom. The molecule has 0 saturated carbocycles. The molecule has 8 heteroatoms. The van der Waals surface area contributed by atoms with Crippen molar-refractivity contribution in [2.24, 2.45) is 0 Å². The molecule has 1 N–H and O–H groups in total. The molecule has 3 rings (SSSR count). The third kappa shape index (κ3) is 5.98. The zero-order chi connectivity index (χ0) is 19.9. The number of nitrogens with zero attached hydrogens (tertiary/aromatic N) is 3. The van der Waals surface area contributed by atoms with Gasteiger partial charge in [0.1, 0.15) is 5.82 Å². The van der Waals surface area contributed by atoms with Gasteiger partial charge in [0.15, 0.2) is 0 Å². The number of rotatable bonds is 6. The molecule has 0 aliphatic carbocycles. The van der Waals surface area contributed by atoms with Gasteiger partial charge in [-0.3, -0.25) is 19.4 Å². The van der Waals surface area contributed by atoms with Gasteiger partial charge in [-0.2, -0.15) is 0 Å². The van der Waals surface area contributed by atoms with Crippen LogP contribution in [0.15, 0.2) is 24.3 Å². The van der Waals surface area contributed by atoms with E-state index in [1.807, 2.05) is 11.8 Å². The molecule has 1 aromatic rings. The molecule has 0 aromatic heterocycles. The van der Waals surface area contributed by atoms with Crippen LogP contribution in [0.2, 0.25) is 0 Å². The lowest BCUT2D eigenvalue weighted by Gasteiger charge is -2.36. The smallest absolute Gasteiger partial charge is 0.236 e. The van der Waals surface area contributed by atoms with Crippen molar-refractivity contribution < 1.29 is 18.7 Å². The van der Waals surface area contributed by atoms with Gasteiger partial charge in [0.2, 0.25) is 11.8 Å². The van der Waals surface area contributed by atoms with Crippen molar-refractivity contribution in [3.63, 3.8) is 0 Å². The van der Waals surface area contributed by atoms with Crippen LogP contribution < -0.4 is 5.32 Å². The van der Waals surface area contributed by atoms with E-state index in [1.54, 1.807) is 12.1 Å². The third-order valence-electron chi connectivity index (χ3n) is 5.30. The van der Waals surface area contributed by atoms with Gasteiger partial charge in [-0.1, -0.05) is 12.1 Å². The van der Waals surface area contributed by atoms with Gasteiger partial charge >= 0.3 is 0 Å². The Bertz CT molecular complexity index is 656. The van der Waals surface area contributed by atoms with Crippen molar-refractivity contribution in [2.75, 3.05) is 65.6 Å². The zero-order valence-corrected chi connectivity index (χ0v) is 16.4. The summed E-state index contributed by atoms with van der Waals surface area (Å²) in [5.41, 5.74) is 0.869. The molecular formula is C20H29FN4O3. The highest BCUT2D eigenvalue weighted by Crippen LogP contribution is 2.13. The van der Waals surface area contributed by atoms with Gasteiger partial charge in [-0.25, -0.2) is 4.39 Å². The number of benzene rings is 1. The fourth-order valence-electron chi connectivity index (χ4n) is 3.53. The summed E-state index contributed by atoms with van der Waals surface area (Å²) < 4.78 is 18.3. The van der Waals surface area contributed by atoms with Crippen molar-refractivity contribution >= 4 is 11.8 Å². The minimum Gasteiger partial charge on any atom is -0.379 e. The highest BCUT2D eigenvalue weighted by Gasteiger charge is 2.24. The quantitative estimate of drug-likeness (QED) is 0.763. The van der Waals surface area contributed by atoms with Crippen LogP contribution in [0.3, 0.4) is 0 Å². The molecule has 2 aliphatic rings. The van der Waals surface area contributed by atoms with Crippen LogP contribution in [0.5, 0.6) is 0 Å². The summed E-state index contributed by atoms with van der Waals surface area (Å²) in [4.78, 5) is 30.8. The van der Waals surface area contributed by atoms with Gasteiger partial charge in [-0.05, 0) is 24.6 Å². The molecule has 2 amide bonds. The monoisotopic (exact) mass is 392 g/mol. The predicted molar refractivity (Wildman–Crippen MR) is 103 cm³/mol. The van der Waals surface area contributed by atoms with E-state index < -0.39 is 0 Å². The maximum atomic E-state index is 13.0. The van der Waals surface area contributed by atoms with Crippen LogP contribution in [0.25, 0.3) is 0 Å². The van der Waals surface area contributed by atoms with E-state index >= 15 is 0 Å². The number of hydrogen-bond donors (Lipinski definition) is 1. The van der Waals surface area contributed by atoms with Crippen molar-refractivity contribution in [3.8, 4) is 0 Å². The number of halogens is 1. The van der Waals surface area contributed by atoms with Crippen LogP contribution in [0, 0.1) is 5.82 Å². The summed E-state index contributed by atoms with van der Waals surface area (Å²) in [6.45, 7) is 8.27. The average Bonchev–Trinajstić information content (AvgIpc) is 2.69. The molecule has 1 atom stereocenters. The Morgan fingerprint density at radius 2 is 1.61 bits per heavy atom. The highest BCUT2D eigenvalue weighted by molar-refractivity contribution is 5.79. The summed E-state index contributed by atoms with van der Waals surface area (Å²) >= 11 is 0. The number of piperazine rings is 1. The van der Waals surface area contributed by atoms with E-state index in [4.69, 9.17) is 4.74 Å². The van der Waals surface area contributed by atoms with Gasteiger partial charge < -0.3 is 15.0 Å². The molecule has 1 unspecified atom stereocenters. The Balaban J connectivity index is 1.38. The summed E-state index contributed by atoms with van der Waals surface area (Å²) in [6, 6.07) is 5.97. The molecule has 0 radical (unpaired) electrons. The van der Waals surface area contributed by atoms with Gasteiger partial charge in [0, 0.05) is 39.3 Å². The minimum absolute atomic E-state index is 0.0649. The maximum absolute atomic E-state index is 13.0. The molecule has 0 bridgehead atoms. The number of amides is 2. The van der Waals surface area contributed by atoms with Crippen LogP contribution in [0.1, 0.15) is 18.5 Å². The second-order valence-corrected chi connectivity index (χ2v) is 7.39. The van der Waals surface area contributed by atoms with E-state index in [-0.39, 0.29) is 23.7 Å². The van der Waals surface area contributed by atoms with E-state index in [0.717, 1.165) is 18.7 Å². The Labute approximate surface area is 165 Å². The third-order valence-corrected chi connectivity index (χ3v) is 5.30. The summed E-state index contributed by atoms with van der Waals surface area (Å²) in [5.74, 6) is -0.204.